The summed E-state index contributed by atoms with van der Waals surface area (Å²) in [6.07, 6.45) is 3.11. The van der Waals surface area contributed by atoms with Gasteiger partial charge in [0.05, 0.1) is 4.92 Å². The van der Waals surface area contributed by atoms with Crippen molar-refractivity contribution in [3.05, 3.63) is 52.3 Å². The molecule has 96 valence electrons. The molecular weight excluding hydrogens is 270 g/mol. The van der Waals surface area contributed by atoms with E-state index < -0.39 is 16.6 Å². The van der Waals surface area contributed by atoms with E-state index in [1.54, 1.807) is 18.5 Å². The number of hydrogen-bond donors (Lipinski definition) is 1. The number of nitro groups is 1. The summed E-state index contributed by atoms with van der Waals surface area (Å²) in [7, 11) is 0. The van der Waals surface area contributed by atoms with Crippen LogP contribution < -0.4 is 0 Å². The molecule has 0 aliphatic carbocycles. The van der Waals surface area contributed by atoms with Crippen LogP contribution in [-0.2, 0) is 0 Å². The number of carboxylic acids is 1. The van der Waals surface area contributed by atoms with Gasteiger partial charge in [-0.25, -0.2) is 14.8 Å². The van der Waals surface area contributed by atoms with E-state index in [1.165, 1.54) is 12.1 Å². The monoisotopic (exact) mass is 277 g/mol. The zero-order chi connectivity index (χ0) is 13.8. The molecule has 0 saturated carbocycles. The highest BCUT2D eigenvalue weighted by atomic mass is 32.2. The highest BCUT2D eigenvalue weighted by molar-refractivity contribution is 7.99. The van der Waals surface area contributed by atoms with E-state index >= 15 is 0 Å². The lowest BCUT2D eigenvalue weighted by atomic mass is 10.2. The van der Waals surface area contributed by atoms with Crippen LogP contribution in [0, 0.1) is 10.1 Å². The number of rotatable bonds is 4. The van der Waals surface area contributed by atoms with E-state index in [4.69, 9.17) is 5.11 Å². The van der Waals surface area contributed by atoms with Crippen LogP contribution in [0.3, 0.4) is 0 Å². The van der Waals surface area contributed by atoms with E-state index in [2.05, 4.69) is 9.97 Å². The Kier molecular flexibility index (Phi) is 3.71. The lowest BCUT2D eigenvalue weighted by molar-refractivity contribution is -0.385. The van der Waals surface area contributed by atoms with Gasteiger partial charge in [-0.15, -0.1) is 0 Å². The molecule has 1 heterocycles. The third-order valence-corrected chi connectivity index (χ3v) is 3.03. The lowest BCUT2D eigenvalue weighted by Gasteiger charge is -2.02. The average molecular weight is 277 g/mol. The Morgan fingerprint density at radius 1 is 1.32 bits per heavy atom. The second-order valence-electron chi connectivity index (χ2n) is 3.37. The molecule has 0 bridgehead atoms. The number of benzene rings is 1. The van der Waals surface area contributed by atoms with Crippen LogP contribution in [0.5, 0.6) is 0 Å². The van der Waals surface area contributed by atoms with Crippen molar-refractivity contribution in [1.82, 2.24) is 9.97 Å². The summed E-state index contributed by atoms with van der Waals surface area (Å²) in [5, 5.41) is 20.1. The van der Waals surface area contributed by atoms with E-state index in [0.29, 0.717) is 10.1 Å². The summed E-state index contributed by atoms with van der Waals surface area (Å²) in [6.45, 7) is 0. The molecule has 0 aliphatic heterocycles. The first-order chi connectivity index (χ1) is 9.08. The van der Waals surface area contributed by atoms with Crippen LogP contribution in [0.25, 0.3) is 0 Å². The maximum Gasteiger partial charge on any atom is 0.342 e. The van der Waals surface area contributed by atoms with E-state index in [9.17, 15) is 14.9 Å². The highest BCUT2D eigenvalue weighted by Gasteiger charge is 2.20. The van der Waals surface area contributed by atoms with Crippen molar-refractivity contribution >= 4 is 23.4 Å². The summed E-state index contributed by atoms with van der Waals surface area (Å²) >= 11 is 1.13. The molecule has 8 heteroatoms. The zero-order valence-corrected chi connectivity index (χ0v) is 10.2. The van der Waals surface area contributed by atoms with Crippen molar-refractivity contribution in [2.24, 2.45) is 0 Å². The van der Waals surface area contributed by atoms with E-state index in [0.717, 1.165) is 17.8 Å². The molecule has 0 amide bonds. The second kappa shape index (κ2) is 5.44. The topological polar surface area (TPSA) is 106 Å². The maximum absolute atomic E-state index is 11.0. The van der Waals surface area contributed by atoms with Gasteiger partial charge in [-0.05, 0) is 30.0 Å². The lowest BCUT2D eigenvalue weighted by Crippen LogP contribution is -2.02. The van der Waals surface area contributed by atoms with Gasteiger partial charge in [0, 0.05) is 23.4 Å². The van der Waals surface area contributed by atoms with Gasteiger partial charge in [0.2, 0.25) is 0 Å². The minimum Gasteiger partial charge on any atom is -0.477 e. The SMILES string of the molecule is O=C(O)c1cc(Sc2ncccn2)ccc1[N+](=O)[O-]. The molecule has 0 saturated heterocycles. The second-order valence-corrected chi connectivity index (χ2v) is 4.42. The Labute approximate surface area is 111 Å². The normalized spacial score (nSPS) is 10.1. The molecule has 0 radical (unpaired) electrons. The zero-order valence-electron chi connectivity index (χ0n) is 9.39. The highest BCUT2D eigenvalue weighted by Crippen LogP contribution is 2.29. The predicted molar refractivity (Wildman–Crippen MR) is 66.2 cm³/mol. The fourth-order valence-corrected chi connectivity index (χ4v) is 2.10. The molecule has 19 heavy (non-hydrogen) atoms. The van der Waals surface area contributed by atoms with Gasteiger partial charge in [-0.1, -0.05) is 0 Å². The minimum absolute atomic E-state index is 0.356. The quantitative estimate of drug-likeness (QED) is 0.518. The molecule has 2 rings (SSSR count). The number of aromatic nitrogens is 2. The number of hydrogen-bond acceptors (Lipinski definition) is 6. The van der Waals surface area contributed by atoms with Gasteiger partial charge in [0.15, 0.2) is 5.16 Å². The smallest absolute Gasteiger partial charge is 0.342 e. The number of carbonyl (C=O) groups is 1. The molecule has 1 N–H and O–H groups in total. The van der Waals surface area contributed by atoms with Gasteiger partial charge in [-0.3, -0.25) is 10.1 Å². The fourth-order valence-electron chi connectivity index (χ4n) is 1.35. The number of carboxylic acid groups (broad SMARTS) is 1. The molecular formula is C11H7N3O4S. The van der Waals surface area contributed by atoms with Crippen LogP contribution in [0.15, 0.2) is 46.7 Å². The van der Waals surface area contributed by atoms with Crippen molar-refractivity contribution in [3.63, 3.8) is 0 Å². The summed E-state index contributed by atoms with van der Waals surface area (Å²) in [5.41, 5.74) is -0.795. The predicted octanol–water partition coefficient (Wildman–Crippen LogP) is 2.23. The van der Waals surface area contributed by atoms with Gasteiger partial charge in [0.25, 0.3) is 5.69 Å². The molecule has 0 spiro atoms. The van der Waals surface area contributed by atoms with Gasteiger partial charge >= 0.3 is 5.97 Å². The van der Waals surface area contributed by atoms with E-state index in [1.807, 2.05) is 0 Å². The standard InChI is InChI=1S/C11H7N3O4S/c15-10(16)8-6-7(2-3-9(8)14(17)18)19-11-12-4-1-5-13-11/h1-6H,(H,15,16). The van der Waals surface area contributed by atoms with Crippen molar-refractivity contribution in [1.29, 1.82) is 0 Å². The number of nitro benzene ring substituents is 1. The van der Waals surface area contributed by atoms with Crippen molar-refractivity contribution < 1.29 is 14.8 Å². The summed E-state index contributed by atoms with van der Waals surface area (Å²) in [4.78, 5) is 29.4. The van der Waals surface area contributed by atoms with Gasteiger partial charge in [-0.2, -0.15) is 0 Å². The summed E-state index contributed by atoms with van der Waals surface area (Å²) < 4.78 is 0. The van der Waals surface area contributed by atoms with Crippen molar-refractivity contribution in [2.75, 3.05) is 0 Å². The average Bonchev–Trinajstić information content (AvgIpc) is 2.39. The molecule has 0 fully saturated rings. The van der Waals surface area contributed by atoms with E-state index in [-0.39, 0.29) is 5.56 Å². The van der Waals surface area contributed by atoms with Crippen LogP contribution in [-0.4, -0.2) is 26.0 Å². The first-order valence-corrected chi connectivity index (χ1v) is 5.86. The fraction of sp³-hybridized carbons (Fsp3) is 0. The Hall–Kier alpha value is -2.48. The molecule has 0 atom stereocenters. The maximum atomic E-state index is 11.0. The molecule has 7 nitrogen and oxygen atoms in total. The van der Waals surface area contributed by atoms with Crippen molar-refractivity contribution in [2.45, 2.75) is 10.1 Å². The van der Waals surface area contributed by atoms with Crippen LogP contribution in [0.1, 0.15) is 10.4 Å². The largest absolute Gasteiger partial charge is 0.477 e. The molecule has 1 aromatic carbocycles. The first-order valence-electron chi connectivity index (χ1n) is 5.04. The number of aromatic carboxylic acids is 1. The molecule has 0 unspecified atom stereocenters. The molecule has 2 aromatic rings. The third-order valence-electron chi connectivity index (χ3n) is 2.15. The summed E-state index contributed by atoms with van der Waals surface area (Å²) in [6, 6.07) is 5.52. The Balaban J connectivity index is 2.36. The first kappa shape index (κ1) is 13.0. The summed E-state index contributed by atoms with van der Waals surface area (Å²) in [5.74, 6) is -1.34. The Morgan fingerprint density at radius 3 is 2.58 bits per heavy atom. The van der Waals surface area contributed by atoms with Crippen LogP contribution in [0.4, 0.5) is 5.69 Å². The van der Waals surface area contributed by atoms with Crippen LogP contribution in [0.2, 0.25) is 0 Å². The minimum atomic E-state index is -1.34. The number of nitrogens with zero attached hydrogens (tertiary/aromatic N) is 3. The van der Waals surface area contributed by atoms with Crippen LogP contribution >= 0.6 is 11.8 Å². The van der Waals surface area contributed by atoms with Crippen molar-refractivity contribution in [3.8, 4) is 0 Å². The Bertz CT molecular complexity index is 633. The van der Waals surface area contributed by atoms with Gasteiger partial charge in [0.1, 0.15) is 5.56 Å². The van der Waals surface area contributed by atoms with Gasteiger partial charge < -0.3 is 5.11 Å². The molecule has 0 aliphatic rings. The third kappa shape index (κ3) is 3.05. The Morgan fingerprint density at radius 2 is 2.00 bits per heavy atom. The molecule has 1 aromatic heterocycles.